The van der Waals surface area contributed by atoms with E-state index in [1.165, 1.54) is 17.8 Å². The van der Waals surface area contributed by atoms with E-state index in [4.69, 9.17) is 0 Å². The maximum Gasteiger partial charge on any atom is 0.188 e. The van der Waals surface area contributed by atoms with Crippen molar-refractivity contribution in [3.63, 3.8) is 0 Å². The SMILES string of the molecule is C=CC(=O)CCSC(=O)CCCC. The summed E-state index contributed by atoms with van der Waals surface area (Å²) in [5.41, 5.74) is 0. The van der Waals surface area contributed by atoms with Crippen LogP contribution < -0.4 is 0 Å². The minimum absolute atomic E-state index is 0.00999. The monoisotopic (exact) mass is 200 g/mol. The first-order valence-corrected chi connectivity index (χ1v) is 5.50. The molecule has 0 N–H and O–H groups in total. The van der Waals surface area contributed by atoms with Gasteiger partial charge in [-0.2, -0.15) is 0 Å². The van der Waals surface area contributed by atoms with Gasteiger partial charge >= 0.3 is 0 Å². The van der Waals surface area contributed by atoms with Crippen molar-refractivity contribution in [2.45, 2.75) is 32.6 Å². The standard InChI is InChI=1S/C10H16O2S/c1-3-5-6-10(12)13-8-7-9(11)4-2/h4H,2-3,5-8H2,1H3. The lowest BCUT2D eigenvalue weighted by atomic mass is 10.3. The largest absolute Gasteiger partial charge is 0.295 e. The molecule has 0 fully saturated rings. The number of rotatable bonds is 7. The van der Waals surface area contributed by atoms with Gasteiger partial charge in [-0.05, 0) is 12.5 Å². The fourth-order valence-electron chi connectivity index (χ4n) is 0.761. The molecule has 0 heterocycles. The number of ketones is 1. The van der Waals surface area contributed by atoms with Gasteiger partial charge in [0.15, 0.2) is 10.9 Å². The van der Waals surface area contributed by atoms with Crippen LogP contribution in [0.25, 0.3) is 0 Å². The Morgan fingerprint density at radius 3 is 2.62 bits per heavy atom. The normalized spacial score (nSPS) is 9.62. The zero-order valence-electron chi connectivity index (χ0n) is 8.04. The highest BCUT2D eigenvalue weighted by Gasteiger charge is 2.02. The highest BCUT2D eigenvalue weighted by atomic mass is 32.2. The fourth-order valence-corrected chi connectivity index (χ4v) is 1.58. The number of allylic oxidation sites excluding steroid dienone is 1. The number of hydrogen-bond donors (Lipinski definition) is 0. The van der Waals surface area contributed by atoms with Gasteiger partial charge in [0.1, 0.15) is 0 Å². The van der Waals surface area contributed by atoms with Gasteiger partial charge in [0, 0.05) is 18.6 Å². The molecule has 0 aromatic carbocycles. The van der Waals surface area contributed by atoms with Gasteiger partial charge in [-0.15, -0.1) is 0 Å². The average molecular weight is 200 g/mol. The van der Waals surface area contributed by atoms with E-state index in [2.05, 4.69) is 13.5 Å². The summed E-state index contributed by atoms with van der Waals surface area (Å²) in [5, 5.41) is 0.193. The van der Waals surface area contributed by atoms with Gasteiger partial charge in [0.2, 0.25) is 0 Å². The van der Waals surface area contributed by atoms with Crippen molar-refractivity contribution in [2.75, 3.05) is 5.75 Å². The van der Waals surface area contributed by atoms with Crippen molar-refractivity contribution in [3.8, 4) is 0 Å². The van der Waals surface area contributed by atoms with Gasteiger partial charge in [0.05, 0.1) is 0 Å². The second-order valence-electron chi connectivity index (χ2n) is 2.74. The van der Waals surface area contributed by atoms with Gasteiger partial charge in [-0.3, -0.25) is 9.59 Å². The van der Waals surface area contributed by atoms with Crippen molar-refractivity contribution in [3.05, 3.63) is 12.7 Å². The Morgan fingerprint density at radius 1 is 1.38 bits per heavy atom. The first kappa shape index (κ1) is 12.4. The molecule has 0 aliphatic carbocycles. The topological polar surface area (TPSA) is 34.1 Å². The van der Waals surface area contributed by atoms with Gasteiger partial charge in [-0.25, -0.2) is 0 Å². The van der Waals surface area contributed by atoms with Crippen molar-refractivity contribution in [2.24, 2.45) is 0 Å². The predicted molar refractivity (Wildman–Crippen MR) is 56.8 cm³/mol. The first-order chi connectivity index (χ1) is 6.20. The molecule has 0 unspecified atom stereocenters. The quantitative estimate of drug-likeness (QED) is 0.592. The van der Waals surface area contributed by atoms with E-state index in [1.807, 2.05) is 0 Å². The van der Waals surface area contributed by atoms with E-state index in [9.17, 15) is 9.59 Å². The maximum atomic E-state index is 11.1. The number of hydrogen-bond acceptors (Lipinski definition) is 3. The summed E-state index contributed by atoms with van der Waals surface area (Å²) in [5.74, 6) is 0.601. The molecule has 13 heavy (non-hydrogen) atoms. The van der Waals surface area contributed by atoms with E-state index in [0.29, 0.717) is 18.6 Å². The van der Waals surface area contributed by atoms with Crippen molar-refractivity contribution < 1.29 is 9.59 Å². The fraction of sp³-hybridized carbons (Fsp3) is 0.600. The highest BCUT2D eigenvalue weighted by molar-refractivity contribution is 8.13. The van der Waals surface area contributed by atoms with Crippen LogP contribution in [0.3, 0.4) is 0 Å². The Morgan fingerprint density at radius 2 is 2.08 bits per heavy atom. The minimum atomic E-state index is 0.00999. The van der Waals surface area contributed by atoms with Crippen molar-refractivity contribution >= 4 is 22.7 Å². The summed E-state index contributed by atoms with van der Waals surface area (Å²) in [6.07, 6.45) is 4.34. The number of carbonyl (C=O) groups is 2. The summed E-state index contributed by atoms with van der Waals surface area (Å²) in [4.78, 5) is 21.9. The molecule has 0 bridgehead atoms. The Balaban J connectivity index is 3.36. The lowest BCUT2D eigenvalue weighted by Crippen LogP contribution is -1.98. The second kappa shape index (κ2) is 8.05. The smallest absolute Gasteiger partial charge is 0.188 e. The van der Waals surface area contributed by atoms with Gasteiger partial charge in [0.25, 0.3) is 0 Å². The second-order valence-corrected chi connectivity index (χ2v) is 3.90. The molecule has 0 saturated heterocycles. The summed E-state index contributed by atoms with van der Waals surface area (Å²) in [6, 6.07) is 0. The molecule has 74 valence electrons. The first-order valence-electron chi connectivity index (χ1n) is 4.51. The number of unbranched alkanes of at least 4 members (excludes halogenated alkanes) is 1. The summed E-state index contributed by atoms with van der Waals surface area (Å²) in [6.45, 7) is 5.42. The summed E-state index contributed by atoms with van der Waals surface area (Å²) < 4.78 is 0. The zero-order chi connectivity index (χ0) is 10.1. The molecule has 2 nitrogen and oxygen atoms in total. The molecule has 0 amide bonds. The third-order valence-electron chi connectivity index (χ3n) is 1.57. The number of carbonyl (C=O) groups excluding carboxylic acids is 2. The third kappa shape index (κ3) is 7.78. The van der Waals surface area contributed by atoms with Crippen LogP contribution in [0.4, 0.5) is 0 Å². The van der Waals surface area contributed by atoms with Crippen LogP contribution in [0.2, 0.25) is 0 Å². The van der Waals surface area contributed by atoms with Crippen LogP contribution >= 0.6 is 11.8 Å². The molecule has 0 aromatic rings. The molecule has 0 rings (SSSR count). The molecule has 0 aromatic heterocycles. The Bertz CT molecular complexity index is 187. The molecule has 0 atom stereocenters. The van der Waals surface area contributed by atoms with Gasteiger partial charge < -0.3 is 0 Å². The van der Waals surface area contributed by atoms with Gasteiger partial charge in [-0.1, -0.05) is 31.7 Å². The zero-order valence-corrected chi connectivity index (χ0v) is 8.86. The molecule has 0 saturated carbocycles. The lowest BCUT2D eigenvalue weighted by Gasteiger charge is -1.97. The van der Waals surface area contributed by atoms with Crippen LogP contribution in [-0.2, 0) is 9.59 Å². The third-order valence-corrected chi connectivity index (χ3v) is 2.51. The molecule has 0 aliphatic heterocycles. The van der Waals surface area contributed by atoms with Crippen LogP contribution in [0.15, 0.2) is 12.7 Å². The molecular formula is C10H16O2S. The Labute approximate surface area is 83.8 Å². The van der Waals surface area contributed by atoms with E-state index in [-0.39, 0.29) is 10.9 Å². The maximum absolute atomic E-state index is 11.1. The van der Waals surface area contributed by atoms with Crippen molar-refractivity contribution in [1.29, 1.82) is 0 Å². The summed E-state index contributed by atoms with van der Waals surface area (Å²) in [7, 11) is 0. The molecule has 0 aliphatic rings. The highest BCUT2D eigenvalue weighted by Crippen LogP contribution is 2.10. The number of thioether (sulfide) groups is 1. The molecule has 3 heteroatoms. The minimum Gasteiger partial charge on any atom is -0.295 e. The Hall–Kier alpha value is -0.570. The van der Waals surface area contributed by atoms with Crippen LogP contribution in [-0.4, -0.2) is 16.7 Å². The molecular weight excluding hydrogens is 184 g/mol. The van der Waals surface area contributed by atoms with E-state index in [1.54, 1.807) is 0 Å². The van der Waals surface area contributed by atoms with Crippen LogP contribution in [0.1, 0.15) is 32.6 Å². The molecule has 0 spiro atoms. The lowest BCUT2D eigenvalue weighted by molar-refractivity contribution is -0.114. The molecule has 0 radical (unpaired) electrons. The van der Waals surface area contributed by atoms with Crippen LogP contribution in [0.5, 0.6) is 0 Å². The van der Waals surface area contributed by atoms with Crippen molar-refractivity contribution in [1.82, 2.24) is 0 Å². The van der Waals surface area contributed by atoms with Crippen LogP contribution in [0, 0.1) is 0 Å². The van der Waals surface area contributed by atoms with E-state index in [0.717, 1.165) is 12.8 Å². The Kier molecular flexibility index (Phi) is 7.69. The predicted octanol–water partition coefficient (Wildman–Crippen LogP) is 2.58. The average Bonchev–Trinajstić information content (AvgIpc) is 2.14. The van der Waals surface area contributed by atoms with E-state index >= 15 is 0 Å². The van der Waals surface area contributed by atoms with E-state index < -0.39 is 0 Å². The summed E-state index contributed by atoms with van der Waals surface area (Å²) >= 11 is 1.25.